The van der Waals surface area contributed by atoms with E-state index in [0.717, 1.165) is 72.3 Å². The van der Waals surface area contributed by atoms with Crippen molar-refractivity contribution < 1.29 is 57.2 Å². The lowest BCUT2D eigenvalue weighted by Crippen LogP contribution is -2.09. The summed E-state index contributed by atoms with van der Waals surface area (Å²) >= 11 is 2.40. The van der Waals surface area contributed by atoms with Gasteiger partial charge in [0, 0.05) is 22.3 Å². The monoisotopic (exact) mass is 1590 g/mol. The van der Waals surface area contributed by atoms with Gasteiger partial charge in [-0.2, -0.15) is 40.2 Å². The van der Waals surface area contributed by atoms with E-state index in [1.807, 2.05) is 45.0 Å². The van der Waals surface area contributed by atoms with E-state index in [0.29, 0.717) is 94.1 Å². The van der Waals surface area contributed by atoms with Gasteiger partial charge in [-0.05, 0) is 96.0 Å². The number of ether oxygens (including phenoxy) is 6. The van der Waals surface area contributed by atoms with Gasteiger partial charge in [0.15, 0.2) is 5.71 Å². The van der Waals surface area contributed by atoms with Crippen LogP contribution in [-0.4, -0.2) is 75.3 Å². The second-order valence-corrected chi connectivity index (χ2v) is 30.0. The first-order valence-corrected chi connectivity index (χ1v) is 43.8. The molecular weight excluding hydrogens is 1450 g/mol. The molecule has 0 saturated heterocycles. The van der Waals surface area contributed by atoms with Gasteiger partial charge in [-0.25, -0.2) is 19.6 Å². The van der Waals surface area contributed by atoms with Crippen molar-refractivity contribution in [3.05, 3.63) is 68.8 Å². The zero-order valence-electron chi connectivity index (χ0n) is 70.2. The summed E-state index contributed by atoms with van der Waals surface area (Å²) in [6, 6.07) is 16.5. The van der Waals surface area contributed by atoms with E-state index in [1.54, 1.807) is 20.8 Å². The molecule has 622 valence electrons. The van der Waals surface area contributed by atoms with Crippen LogP contribution in [0.5, 0.6) is 23.0 Å². The van der Waals surface area contributed by atoms with Crippen LogP contribution in [0.2, 0.25) is 0 Å². The Balaban J connectivity index is 0.00000182. The van der Waals surface area contributed by atoms with E-state index in [-0.39, 0.29) is 54.7 Å². The molecule has 0 fully saturated rings. The molecule has 4 N–H and O–H groups in total. The summed E-state index contributed by atoms with van der Waals surface area (Å²) in [6.45, 7) is 23.0. The Hall–Kier alpha value is -8.36. The number of hydrogen-bond donors (Lipinski definition) is 2. The van der Waals surface area contributed by atoms with Crippen LogP contribution in [0.4, 0.5) is 20.0 Å². The van der Waals surface area contributed by atoms with Crippen molar-refractivity contribution in [2.24, 2.45) is 9.98 Å². The topological polar surface area (TPSA) is 330 Å². The van der Waals surface area contributed by atoms with Crippen molar-refractivity contribution in [1.29, 1.82) is 21.0 Å². The standard InChI is InChI=1S/C45H68N4O4S.C34H56N2O2.C9H14N2O2S.2CO2/c1-7-11-13-15-17-19-21-23-25-27-29-52-40-32-38(41(31-35(40)5)53-30-28-26-24-22-20-18-16-14-12-8-2)39(34-47)49-44-42(45(50)51-10-4)37(9-3)43(54-44)48-36(6)33-46;1-3-5-7-9-11-13-15-17-19-21-27-37-33-29-32(24-26-36)34(30-31(33)23-25-35)38-28-22-20-18-16-14-12-10-8-6-4-2;1-3-5-6(9(12)13-4-2)8(11)14-7(5)10;2*2-1-3/h31-32H,7-30H2,1-6H3;29-30H,3-24,27-28H2,1-2H3;3-4,10-11H2,1-2H3;;. The van der Waals surface area contributed by atoms with Crippen molar-refractivity contribution in [1.82, 2.24) is 0 Å². The molecule has 2 aromatic heterocycles. The zero-order valence-corrected chi connectivity index (χ0v) is 71.9. The van der Waals surface area contributed by atoms with Gasteiger partial charge in [0.05, 0.1) is 80.7 Å². The number of carbonyl (C=O) groups excluding carboxylic acids is 6. The molecule has 4 aromatic rings. The molecule has 0 unspecified atom stereocenters. The summed E-state index contributed by atoms with van der Waals surface area (Å²) in [5.41, 5.74) is 17.1. The normalized spacial score (nSPS) is 10.7. The summed E-state index contributed by atoms with van der Waals surface area (Å²) in [7, 11) is 0. The number of carbonyl (C=O) groups is 2. The van der Waals surface area contributed by atoms with Gasteiger partial charge in [0.1, 0.15) is 61.4 Å². The van der Waals surface area contributed by atoms with Gasteiger partial charge in [0.25, 0.3) is 0 Å². The van der Waals surface area contributed by atoms with Crippen molar-refractivity contribution in [2.45, 2.75) is 352 Å². The number of nitrogen functional groups attached to an aromatic ring is 2. The highest BCUT2D eigenvalue weighted by Crippen LogP contribution is 2.44. The third kappa shape index (κ3) is 47.2. The Morgan fingerprint density at radius 2 is 0.723 bits per heavy atom. The molecule has 0 radical (unpaired) electrons. The lowest BCUT2D eigenvalue weighted by Gasteiger charge is -2.16. The number of rotatable bonds is 59. The molecule has 2 heterocycles. The fourth-order valence-electron chi connectivity index (χ4n) is 12.6. The van der Waals surface area contributed by atoms with E-state index < -0.39 is 5.97 Å². The number of aliphatic imine (C=N–C) groups is 2. The minimum Gasteiger partial charge on any atom is -0.493 e. The van der Waals surface area contributed by atoms with Crippen LogP contribution in [0.1, 0.15) is 373 Å². The first-order chi connectivity index (χ1) is 54.5. The Labute approximate surface area is 681 Å². The number of anilines is 2. The highest BCUT2D eigenvalue weighted by Gasteiger charge is 2.27. The molecule has 22 heteroatoms. The number of hydrogen-bond acceptors (Lipinski definition) is 22. The summed E-state index contributed by atoms with van der Waals surface area (Å²) in [5.74, 6) is 1.82. The molecule has 0 spiro atoms. The summed E-state index contributed by atoms with van der Waals surface area (Å²) in [5, 5.41) is 40.5. The van der Waals surface area contributed by atoms with Crippen LogP contribution >= 0.6 is 22.7 Å². The third-order valence-electron chi connectivity index (χ3n) is 18.8. The maximum Gasteiger partial charge on any atom is 0.373 e. The first kappa shape index (κ1) is 104. The zero-order chi connectivity index (χ0) is 83.0. The lowest BCUT2D eigenvalue weighted by molar-refractivity contribution is -0.193. The fraction of sp³-hybridized carbons (Fsp3) is 0.667. The van der Waals surface area contributed by atoms with Crippen LogP contribution in [0.25, 0.3) is 0 Å². The molecule has 112 heavy (non-hydrogen) atoms. The number of nitriles is 4. The Kier molecular flexibility index (Phi) is 66.3. The van der Waals surface area contributed by atoms with Crippen LogP contribution < -0.4 is 30.4 Å². The maximum atomic E-state index is 13.3. The van der Waals surface area contributed by atoms with Gasteiger partial charge in [-0.15, -0.1) is 11.3 Å². The average molecular weight is 1590 g/mol. The fourth-order valence-corrected chi connectivity index (χ4v) is 14.7. The predicted octanol–water partition coefficient (Wildman–Crippen LogP) is 24.6. The quantitative estimate of drug-likeness (QED) is 0.0236. The Bertz CT molecular complexity index is 3410. The second-order valence-electron chi connectivity index (χ2n) is 27.9. The van der Waals surface area contributed by atoms with E-state index >= 15 is 0 Å². The van der Waals surface area contributed by atoms with E-state index in [1.165, 1.54) is 241 Å². The molecular formula is C90H138N8O12S2. The number of thiophene rings is 2. The molecule has 0 aliphatic heterocycles. The SMILES string of the molecule is CCCCCCCCCCCCOc1cc(C(C#N)=Nc2sc(N=C(C)C#N)c(CC)c2C(=O)OCC)c(OCCCCCCCCCCCC)cc1C.CCCCCCCCCCCCOc1cc(CC#N)c(OCCCCCCCCCCCC)cc1CC#N.CCOC(=O)c1c(N)sc(N)c1CC.O=C=O.O=C=O. The third-order valence-corrected chi connectivity index (χ3v) is 20.7. The molecule has 0 saturated carbocycles. The van der Waals surface area contributed by atoms with Gasteiger partial charge >= 0.3 is 24.2 Å². The van der Waals surface area contributed by atoms with Crippen LogP contribution in [-0.2, 0) is 54.3 Å². The molecule has 20 nitrogen and oxygen atoms in total. The minimum absolute atomic E-state index is 0.110. The smallest absolute Gasteiger partial charge is 0.373 e. The second kappa shape index (κ2) is 71.7. The van der Waals surface area contributed by atoms with E-state index in [4.69, 9.17) is 64.1 Å². The highest BCUT2D eigenvalue weighted by atomic mass is 32.1. The molecule has 4 rings (SSSR count). The Morgan fingerprint density at radius 1 is 0.393 bits per heavy atom. The van der Waals surface area contributed by atoms with E-state index in [2.05, 4.69) is 57.0 Å². The number of aryl methyl sites for hydroxylation is 1. The maximum absolute atomic E-state index is 13.3. The number of benzene rings is 2. The van der Waals surface area contributed by atoms with Crippen LogP contribution in [0.15, 0.2) is 34.3 Å². The van der Waals surface area contributed by atoms with Gasteiger partial charge in [0.2, 0.25) is 0 Å². The molecule has 0 aliphatic rings. The largest absolute Gasteiger partial charge is 0.493 e. The molecule has 0 atom stereocenters. The molecule has 0 amide bonds. The van der Waals surface area contributed by atoms with Crippen LogP contribution in [0.3, 0.4) is 0 Å². The Morgan fingerprint density at radius 3 is 1.04 bits per heavy atom. The van der Waals surface area contributed by atoms with Crippen molar-refractivity contribution >= 4 is 78.3 Å². The number of nitrogens with zero attached hydrogens (tertiary/aromatic N) is 6. The number of unbranched alkanes of at least 4 members (excludes halogenated alkanes) is 36. The number of esters is 2. The van der Waals surface area contributed by atoms with Gasteiger partial charge < -0.3 is 39.9 Å². The predicted molar refractivity (Wildman–Crippen MR) is 454 cm³/mol. The van der Waals surface area contributed by atoms with E-state index in [9.17, 15) is 30.6 Å². The molecule has 2 aromatic carbocycles. The highest BCUT2D eigenvalue weighted by molar-refractivity contribution is 7.20. The van der Waals surface area contributed by atoms with Crippen molar-refractivity contribution in [3.8, 4) is 47.3 Å². The first-order valence-electron chi connectivity index (χ1n) is 42.2. The van der Waals surface area contributed by atoms with Crippen LogP contribution in [0, 0.1) is 52.2 Å². The van der Waals surface area contributed by atoms with Crippen molar-refractivity contribution in [3.63, 3.8) is 0 Å². The summed E-state index contributed by atoms with van der Waals surface area (Å²) < 4.78 is 35.2. The average Bonchev–Trinajstić information content (AvgIpc) is 1.59. The lowest BCUT2D eigenvalue weighted by atomic mass is 10.0. The number of nitrogens with two attached hydrogens (primary N) is 2. The van der Waals surface area contributed by atoms with Crippen molar-refractivity contribution in [2.75, 3.05) is 51.1 Å². The molecule has 0 aliphatic carbocycles. The molecule has 0 bridgehead atoms. The minimum atomic E-state index is -0.528. The summed E-state index contributed by atoms with van der Waals surface area (Å²) in [4.78, 5) is 66.5. The summed E-state index contributed by atoms with van der Waals surface area (Å²) in [6.07, 6.45) is 52.9. The van der Waals surface area contributed by atoms with Gasteiger partial charge in [-0.3, -0.25) is 0 Å². The van der Waals surface area contributed by atoms with Gasteiger partial charge in [-0.1, -0.05) is 284 Å².